The highest BCUT2D eigenvalue weighted by Gasteiger charge is 2.31. The van der Waals surface area contributed by atoms with Gasteiger partial charge in [-0.2, -0.15) is 5.10 Å². The zero-order valence-electron chi connectivity index (χ0n) is 21.7. The van der Waals surface area contributed by atoms with Crippen LogP contribution in [0.2, 0.25) is 0 Å². The minimum absolute atomic E-state index is 0.0936. The Morgan fingerprint density at radius 1 is 1.08 bits per heavy atom. The van der Waals surface area contributed by atoms with E-state index in [0.717, 1.165) is 80.2 Å². The van der Waals surface area contributed by atoms with Gasteiger partial charge in [0.1, 0.15) is 0 Å². The zero-order valence-corrected chi connectivity index (χ0v) is 21.7. The number of carboxylic acids is 1. The number of hydrogen-bond donors (Lipinski definition) is 1. The van der Waals surface area contributed by atoms with Crippen molar-refractivity contribution in [1.82, 2.24) is 19.7 Å². The summed E-state index contributed by atoms with van der Waals surface area (Å²) in [4.78, 5) is 21.6. The fourth-order valence-corrected chi connectivity index (χ4v) is 5.80. The molecule has 3 aromatic rings. The monoisotopic (exact) mass is 489 g/mol. The number of aromatic nitrogens is 3. The van der Waals surface area contributed by atoms with E-state index in [9.17, 15) is 9.90 Å². The molecule has 7 nitrogen and oxygen atoms in total. The topological polar surface area (TPSA) is 74.5 Å². The lowest BCUT2D eigenvalue weighted by Crippen LogP contribution is -2.34. The molecule has 0 spiro atoms. The van der Waals surface area contributed by atoms with Crippen molar-refractivity contribution in [2.75, 3.05) is 37.6 Å². The molecule has 2 aliphatic rings. The lowest BCUT2D eigenvalue weighted by Gasteiger charge is -2.35. The summed E-state index contributed by atoms with van der Waals surface area (Å²) in [6, 6.07) is 11.8. The molecular weight excluding hydrogens is 450 g/mol. The van der Waals surface area contributed by atoms with Crippen molar-refractivity contribution in [3.63, 3.8) is 0 Å². The van der Waals surface area contributed by atoms with Gasteiger partial charge in [-0.15, -0.1) is 0 Å². The Kier molecular flexibility index (Phi) is 7.56. The van der Waals surface area contributed by atoms with Gasteiger partial charge in [-0.25, -0.2) is 14.5 Å². The summed E-state index contributed by atoms with van der Waals surface area (Å²) < 4.78 is 1.86. The molecule has 0 bridgehead atoms. The fraction of sp³-hybridized carbons (Fsp3) is 0.552. The standard InChI is InChI=1S/C29H39N5O2/c1-3-32(4-2)17-9-10-21-15-18-33(19-16-21)25-20-24(29(35)36)30-28-26(25)27(22-11-8-12-22)31-34(28)23-13-6-5-7-14-23/h5-7,13-14,20-22H,3-4,8-12,15-19H2,1-2H3,(H,35,36). The molecule has 7 heteroatoms. The van der Waals surface area contributed by atoms with E-state index in [1.165, 1.54) is 25.8 Å². The number of benzene rings is 1. The van der Waals surface area contributed by atoms with Crippen molar-refractivity contribution in [1.29, 1.82) is 0 Å². The van der Waals surface area contributed by atoms with Crippen LogP contribution in [-0.2, 0) is 0 Å². The Morgan fingerprint density at radius 3 is 2.42 bits per heavy atom. The van der Waals surface area contributed by atoms with Gasteiger partial charge in [0.2, 0.25) is 0 Å². The number of pyridine rings is 1. The summed E-state index contributed by atoms with van der Waals surface area (Å²) in [6.45, 7) is 9.81. The number of fused-ring (bicyclic) bond motifs is 1. The quantitative estimate of drug-likeness (QED) is 0.392. The second kappa shape index (κ2) is 11.0. The highest BCUT2D eigenvalue weighted by atomic mass is 16.4. The summed E-state index contributed by atoms with van der Waals surface area (Å²) in [5.41, 5.74) is 3.76. The highest BCUT2D eigenvalue weighted by Crippen LogP contribution is 2.43. The SMILES string of the molecule is CCN(CC)CCCC1CCN(c2cc(C(=O)O)nc3c2c(C2CCC2)nn3-c2ccccc2)CC1. The molecule has 5 rings (SSSR count). The average Bonchev–Trinajstić information content (AvgIpc) is 3.25. The lowest BCUT2D eigenvalue weighted by molar-refractivity contribution is 0.0691. The Labute approximate surface area is 214 Å². The van der Waals surface area contributed by atoms with E-state index in [-0.39, 0.29) is 5.69 Å². The predicted octanol–water partition coefficient (Wildman–Crippen LogP) is 5.72. The van der Waals surface area contributed by atoms with E-state index in [1.54, 1.807) is 6.07 Å². The Hall–Kier alpha value is -2.93. The lowest BCUT2D eigenvalue weighted by atomic mass is 9.81. The molecule has 0 unspecified atom stereocenters. The zero-order chi connectivity index (χ0) is 25.1. The van der Waals surface area contributed by atoms with Gasteiger partial charge in [0.05, 0.1) is 22.5 Å². The molecule has 1 saturated heterocycles. The molecule has 1 saturated carbocycles. The third-order valence-electron chi connectivity index (χ3n) is 8.29. The summed E-state index contributed by atoms with van der Waals surface area (Å²) in [5, 5.41) is 16.0. The Balaban J connectivity index is 1.45. The van der Waals surface area contributed by atoms with Crippen LogP contribution in [0.25, 0.3) is 16.7 Å². The van der Waals surface area contributed by atoms with Gasteiger partial charge >= 0.3 is 5.97 Å². The van der Waals surface area contributed by atoms with Crippen LogP contribution in [0.5, 0.6) is 0 Å². The number of carbonyl (C=O) groups is 1. The molecule has 3 heterocycles. The summed E-state index contributed by atoms with van der Waals surface area (Å²) in [6.07, 6.45) is 8.32. The van der Waals surface area contributed by atoms with Gasteiger partial charge in [0.25, 0.3) is 0 Å². The third kappa shape index (κ3) is 4.99. The Bertz CT molecular complexity index is 1180. The Morgan fingerprint density at radius 2 is 1.81 bits per heavy atom. The first-order valence-electron chi connectivity index (χ1n) is 13.8. The molecule has 1 aliphatic carbocycles. The van der Waals surface area contributed by atoms with Crippen LogP contribution < -0.4 is 4.90 Å². The van der Waals surface area contributed by atoms with Gasteiger partial charge in [-0.1, -0.05) is 38.5 Å². The normalized spacial score (nSPS) is 17.1. The number of anilines is 1. The van der Waals surface area contributed by atoms with Crippen LogP contribution >= 0.6 is 0 Å². The summed E-state index contributed by atoms with van der Waals surface area (Å²) in [5.74, 6) is 0.174. The molecule has 192 valence electrons. The van der Waals surface area contributed by atoms with E-state index >= 15 is 0 Å². The van der Waals surface area contributed by atoms with Crippen molar-refractivity contribution in [2.24, 2.45) is 5.92 Å². The van der Waals surface area contributed by atoms with Crippen molar-refractivity contribution < 1.29 is 9.90 Å². The van der Waals surface area contributed by atoms with Crippen molar-refractivity contribution >= 4 is 22.7 Å². The predicted molar refractivity (Wildman–Crippen MR) is 144 cm³/mol. The number of rotatable bonds is 10. The van der Waals surface area contributed by atoms with Crippen LogP contribution in [0.4, 0.5) is 5.69 Å². The molecule has 1 aromatic carbocycles. The maximum Gasteiger partial charge on any atom is 0.354 e. The number of piperidine rings is 1. The van der Waals surface area contributed by atoms with E-state index in [1.807, 2.05) is 35.0 Å². The van der Waals surface area contributed by atoms with Crippen molar-refractivity contribution in [2.45, 2.75) is 64.7 Å². The van der Waals surface area contributed by atoms with Gasteiger partial charge in [-0.3, -0.25) is 0 Å². The first kappa shape index (κ1) is 24.8. The number of carboxylic acid groups (broad SMARTS) is 1. The number of para-hydroxylation sites is 1. The molecule has 36 heavy (non-hydrogen) atoms. The smallest absolute Gasteiger partial charge is 0.354 e. The largest absolute Gasteiger partial charge is 0.477 e. The maximum absolute atomic E-state index is 12.1. The second-order valence-electron chi connectivity index (χ2n) is 10.4. The van der Waals surface area contributed by atoms with Gasteiger partial charge < -0.3 is 14.9 Å². The first-order chi connectivity index (χ1) is 17.6. The van der Waals surface area contributed by atoms with Crippen LogP contribution in [0.3, 0.4) is 0 Å². The molecule has 2 fully saturated rings. The molecule has 0 radical (unpaired) electrons. The first-order valence-corrected chi connectivity index (χ1v) is 13.8. The van der Waals surface area contributed by atoms with E-state index in [4.69, 9.17) is 5.10 Å². The van der Waals surface area contributed by atoms with E-state index in [0.29, 0.717) is 11.6 Å². The van der Waals surface area contributed by atoms with Gasteiger partial charge in [-0.05, 0) is 82.3 Å². The van der Waals surface area contributed by atoms with Crippen LogP contribution in [0.15, 0.2) is 36.4 Å². The maximum atomic E-state index is 12.1. The molecule has 1 N–H and O–H groups in total. The number of nitrogens with zero attached hydrogens (tertiary/aromatic N) is 5. The highest BCUT2D eigenvalue weighted by molar-refractivity contribution is 5.98. The van der Waals surface area contributed by atoms with Gasteiger partial charge in [0, 0.05) is 19.0 Å². The number of aromatic carboxylic acids is 1. The third-order valence-corrected chi connectivity index (χ3v) is 8.29. The minimum atomic E-state index is -0.990. The number of hydrogen-bond acceptors (Lipinski definition) is 5. The molecule has 2 aromatic heterocycles. The van der Waals surface area contributed by atoms with Crippen molar-refractivity contribution in [3.05, 3.63) is 47.8 Å². The second-order valence-corrected chi connectivity index (χ2v) is 10.4. The van der Waals surface area contributed by atoms with Crippen molar-refractivity contribution in [3.8, 4) is 5.69 Å². The molecule has 0 atom stereocenters. The van der Waals surface area contributed by atoms with Crippen LogP contribution in [0, 0.1) is 5.92 Å². The van der Waals surface area contributed by atoms with E-state index < -0.39 is 5.97 Å². The average molecular weight is 490 g/mol. The van der Waals surface area contributed by atoms with Gasteiger partial charge in [0.15, 0.2) is 11.3 Å². The molecule has 1 aliphatic heterocycles. The minimum Gasteiger partial charge on any atom is -0.477 e. The van der Waals surface area contributed by atoms with Crippen LogP contribution in [-0.4, -0.2) is 63.5 Å². The fourth-order valence-electron chi connectivity index (χ4n) is 5.80. The van der Waals surface area contributed by atoms with E-state index in [2.05, 4.69) is 28.6 Å². The van der Waals surface area contributed by atoms with Crippen LogP contribution in [0.1, 0.15) is 80.9 Å². The summed E-state index contributed by atoms with van der Waals surface area (Å²) in [7, 11) is 0. The molecule has 0 amide bonds. The summed E-state index contributed by atoms with van der Waals surface area (Å²) >= 11 is 0. The molecular formula is C29H39N5O2.